The molecule has 0 saturated carbocycles. The Labute approximate surface area is 185 Å². The number of halogens is 1. The zero-order chi connectivity index (χ0) is 20.8. The predicted octanol–water partition coefficient (Wildman–Crippen LogP) is 0.0999. The first-order chi connectivity index (χ1) is 14.0. The lowest BCUT2D eigenvalue weighted by Gasteiger charge is -2.12. The van der Waals surface area contributed by atoms with Crippen molar-refractivity contribution in [3.05, 3.63) is 77.9 Å². The summed E-state index contributed by atoms with van der Waals surface area (Å²) in [5.41, 5.74) is 8.17. The monoisotopic (exact) mass is 426 g/mol. The Morgan fingerprint density at radius 3 is 2.03 bits per heavy atom. The normalized spacial score (nSPS) is 10.7. The molecule has 0 bridgehead atoms. The summed E-state index contributed by atoms with van der Waals surface area (Å²) in [6, 6.07) is 16.9. The zero-order valence-electron chi connectivity index (χ0n) is 18.4. The number of nitrogens with zero attached hydrogens (tertiary/aromatic N) is 5. The maximum atomic E-state index is 4.64. The third-order valence-corrected chi connectivity index (χ3v) is 4.86. The van der Waals surface area contributed by atoms with E-state index in [2.05, 4.69) is 89.9 Å². The van der Waals surface area contributed by atoms with Crippen LogP contribution < -0.4 is 32.3 Å². The van der Waals surface area contributed by atoms with Gasteiger partial charge in [-0.1, -0.05) is 36.3 Å². The highest BCUT2D eigenvalue weighted by Crippen LogP contribution is 2.13. The van der Waals surface area contributed by atoms with Crippen molar-refractivity contribution in [1.82, 2.24) is 4.68 Å². The van der Waals surface area contributed by atoms with Crippen molar-refractivity contribution in [3.63, 3.8) is 0 Å². The summed E-state index contributed by atoms with van der Waals surface area (Å²) in [6.45, 7) is 2.89. The summed E-state index contributed by atoms with van der Waals surface area (Å²) in [5.74, 6) is 1.09. The molecule has 0 unspecified atom stereocenters. The molecule has 30 heavy (non-hydrogen) atoms. The first kappa shape index (κ1) is 23.3. The van der Waals surface area contributed by atoms with E-state index in [1.165, 1.54) is 16.9 Å². The first-order valence-electron chi connectivity index (χ1n) is 9.91. The molecule has 3 rings (SSSR count). The molecule has 0 aliphatic rings. The predicted molar refractivity (Wildman–Crippen MR) is 122 cm³/mol. The fourth-order valence-corrected chi connectivity index (χ4v) is 3.07. The molecule has 1 aromatic heterocycles. The van der Waals surface area contributed by atoms with Gasteiger partial charge in [-0.25, -0.2) is 0 Å². The molecule has 0 aliphatic carbocycles. The lowest BCUT2D eigenvalue weighted by atomic mass is 10.2. The van der Waals surface area contributed by atoms with E-state index in [-0.39, 0.29) is 12.4 Å². The van der Waals surface area contributed by atoms with Gasteiger partial charge in [0.15, 0.2) is 12.4 Å². The Bertz CT molecular complexity index is 943. The van der Waals surface area contributed by atoms with E-state index < -0.39 is 0 Å². The van der Waals surface area contributed by atoms with Crippen molar-refractivity contribution >= 4 is 17.6 Å². The van der Waals surface area contributed by atoms with Crippen LogP contribution >= 0.6 is 0 Å². The van der Waals surface area contributed by atoms with Crippen molar-refractivity contribution < 1.29 is 17.1 Å². The molecule has 0 spiro atoms. The summed E-state index contributed by atoms with van der Waals surface area (Å²) >= 11 is 0. The number of rotatable bonds is 8. The van der Waals surface area contributed by atoms with Crippen LogP contribution in [0, 0.1) is 0 Å². The maximum absolute atomic E-state index is 4.64. The van der Waals surface area contributed by atoms with Gasteiger partial charge >= 0.3 is 5.82 Å². The van der Waals surface area contributed by atoms with E-state index in [0.717, 1.165) is 24.4 Å². The van der Waals surface area contributed by atoms with Crippen LogP contribution in [-0.4, -0.2) is 39.1 Å². The Balaban J connectivity index is 0.00000320. The maximum Gasteiger partial charge on any atom is 0.304 e. The number of anilines is 2. The third kappa shape index (κ3) is 5.76. The lowest BCUT2D eigenvalue weighted by molar-refractivity contribution is -0.685. The van der Waals surface area contributed by atoms with Crippen molar-refractivity contribution in [2.75, 3.05) is 43.4 Å². The first-order valence-corrected chi connectivity index (χ1v) is 9.91. The second-order valence-electron chi connectivity index (χ2n) is 7.41. The highest BCUT2D eigenvalue weighted by molar-refractivity contribution is 5.79. The van der Waals surface area contributed by atoms with Crippen molar-refractivity contribution in [2.45, 2.75) is 19.9 Å². The van der Waals surface area contributed by atoms with Gasteiger partial charge in [0.2, 0.25) is 0 Å². The topological polar surface area (TPSA) is 39.7 Å². The number of hydrogen-bond acceptors (Lipinski definition) is 4. The SMILES string of the molecule is CCc1n(NCc2ccc(N(C)C)cc2)cc[n+]1/N=C/c1ccc(N(C)C)cc1.[Cl-]. The van der Waals surface area contributed by atoms with Crippen LogP contribution in [0.15, 0.2) is 66.0 Å². The number of benzene rings is 2. The molecular weight excluding hydrogens is 396 g/mol. The highest BCUT2D eigenvalue weighted by Gasteiger charge is 2.15. The molecule has 0 amide bonds. The smallest absolute Gasteiger partial charge is 0.304 e. The van der Waals surface area contributed by atoms with E-state index in [1.807, 2.05) is 42.1 Å². The molecule has 7 heteroatoms. The molecule has 0 aliphatic heterocycles. The standard InChI is InChI=1S/C23H31N6.ClH/c1-6-23-28(24-17-19-7-11-21(12-8-19)26(2)3)15-16-29(23)25-18-20-9-13-22(14-10-20)27(4)5;/h7-17,25H,6,18H2,1-5H3;1H/q+1;/p-1/b24-17+;. The van der Waals surface area contributed by atoms with E-state index >= 15 is 0 Å². The van der Waals surface area contributed by atoms with Crippen LogP contribution in [0.2, 0.25) is 0 Å². The zero-order valence-corrected chi connectivity index (χ0v) is 19.1. The molecule has 0 radical (unpaired) electrons. The van der Waals surface area contributed by atoms with Gasteiger partial charge in [-0.15, -0.1) is 9.35 Å². The minimum Gasteiger partial charge on any atom is -1.00 e. The van der Waals surface area contributed by atoms with Gasteiger partial charge in [0.05, 0.1) is 19.2 Å². The quantitative estimate of drug-likeness (QED) is 0.410. The molecule has 1 N–H and O–H groups in total. The van der Waals surface area contributed by atoms with Crippen LogP contribution in [0.4, 0.5) is 11.4 Å². The molecule has 0 fully saturated rings. The van der Waals surface area contributed by atoms with Gasteiger partial charge in [0.25, 0.3) is 0 Å². The molecule has 2 aromatic carbocycles. The van der Waals surface area contributed by atoms with Crippen LogP contribution in [0.5, 0.6) is 0 Å². The average molecular weight is 427 g/mol. The van der Waals surface area contributed by atoms with Gasteiger partial charge in [-0.2, -0.15) is 0 Å². The number of nitrogens with one attached hydrogen (secondary N) is 1. The van der Waals surface area contributed by atoms with Crippen LogP contribution in [0.1, 0.15) is 23.9 Å². The van der Waals surface area contributed by atoms with Gasteiger partial charge in [-0.05, 0) is 35.4 Å². The Morgan fingerprint density at radius 2 is 1.50 bits per heavy atom. The Morgan fingerprint density at radius 1 is 0.933 bits per heavy atom. The summed E-state index contributed by atoms with van der Waals surface area (Å²) in [5, 5.41) is 4.64. The van der Waals surface area contributed by atoms with Crippen molar-refractivity contribution in [1.29, 1.82) is 0 Å². The Hall–Kier alpha value is -2.99. The van der Waals surface area contributed by atoms with Gasteiger partial charge in [0, 0.05) is 39.6 Å². The van der Waals surface area contributed by atoms with Gasteiger partial charge in [0.1, 0.15) is 0 Å². The van der Waals surface area contributed by atoms with E-state index in [4.69, 9.17) is 0 Å². The highest BCUT2D eigenvalue weighted by atomic mass is 35.5. The van der Waals surface area contributed by atoms with E-state index in [9.17, 15) is 0 Å². The van der Waals surface area contributed by atoms with Crippen molar-refractivity contribution in [2.24, 2.45) is 5.10 Å². The van der Waals surface area contributed by atoms with Gasteiger partial charge < -0.3 is 22.2 Å². The second-order valence-corrected chi connectivity index (χ2v) is 7.41. The number of hydrogen-bond donors (Lipinski definition) is 1. The summed E-state index contributed by atoms with van der Waals surface area (Å²) in [6.07, 6.45) is 6.75. The summed E-state index contributed by atoms with van der Waals surface area (Å²) < 4.78 is 3.97. The van der Waals surface area contributed by atoms with Crippen LogP contribution in [-0.2, 0) is 13.0 Å². The molecule has 1 heterocycles. The van der Waals surface area contributed by atoms with Crippen LogP contribution in [0.25, 0.3) is 0 Å². The molecule has 0 atom stereocenters. The second kappa shape index (κ2) is 10.7. The summed E-state index contributed by atoms with van der Waals surface area (Å²) in [7, 11) is 8.19. The molecule has 6 nitrogen and oxygen atoms in total. The van der Waals surface area contributed by atoms with Gasteiger partial charge in [-0.3, -0.25) is 5.43 Å². The molecule has 160 valence electrons. The minimum atomic E-state index is 0. The van der Waals surface area contributed by atoms with Crippen molar-refractivity contribution in [3.8, 4) is 0 Å². The molecule has 0 saturated heterocycles. The summed E-state index contributed by atoms with van der Waals surface area (Å²) in [4.78, 5) is 4.19. The van der Waals surface area contributed by atoms with E-state index in [0.29, 0.717) is 0 Å². The average Bonchev–Trinajstić information content (AvgIpc) is 3.13. The van der Waals surface area contributed by atoms with Crippen LogP contribution in [0.3, 0.4) is 0 Å². The lowest BCUT2D eigenvalue weighted by Crippen LogP contribution is -3.00. The molecule has 3 aromatic rings. The minimum absolute atomic E-state index is 0. The Kier molecular flexibility index (Phi) is 8.30. The van der Waals surface area contributed by atoms with E-state index in [1.54, 1.807) is 0 Å². The largest absolute Gasteiger partial charge is 1.00 e. The number of imidazole rings is 1. The molecular formula is C23H31ClN6. The third-order valence-electron chi connectivity index (χ3n) is 4.86. The fraction of sp³-hybridized carbons (Fsp3) is 0.304. The number of aromatic nitrogens is 2. The fourth-order valence-electron chi connectivity index (χ4n) is 3.07.